The van der Waals surface area contributed by atoms with Gasteiger partial charge in [-0.1, -0.05) is 55.5 Å². The number of anilines is 1. The third kappa shape index (κ3) is 3.78. The molecule has 1 heterocycles. The lowest BCUT2D eigenvalue weighted by Crippen LogP contribution is -2.33. The lowest BCUT2D eigenvalue weighted by atomic mass is 10.1. The van der Waals surface area contributed by atoms with Gasteiger partial charge in [0.1, 0.15) is 5.01 Å². The summed E-state index contributed by atoms with van der Waals surface area (Å²) in [7, 11) is 1.78. The summed E-state index contributed by atoms with van der Waals surface area (Å²) in [6.45, 7) is 6.10. The molecule has 0 saturated heterocycles. The van der Waals surface area contributed by atoms with Gasteiger partial charge < -0.3 is 4.90 Å². The van der Waals surface area contributed by atoms with Crippen LogP contribution in [0.5, 0.6) is 0 Å². The van der Waals surface area contributed by atoms with Crippen LogP contribution in [0.3, 0.4) is 0 Å². The van der Waals surface area contributed by atoms with Crippen LogP contribution in [0.4, 0.5) is 9.93 Å². The van der Waals surface area contributed by atoms with Crippen molar-refractivity contribution in [2.45, 2.75) is 32.7 Å². The Morgan fingerprint density at radius 2 is 1.86 bits per heavy atom. The molecule has 2 rings (SSSR count). The van der Waals surface area contributed by atoms with E-state index < -0.39 is 0 Å². The predicted molar refractivity (Wildman–Crippen MR) is 85.6 cm³/mol. The highest BCUT2D eigenvalue weighted by atomic mass is 32.1. The fourth-order valence-electron chi connectivity index (χ4n) is 1.83. The minimum atomic E-state index is -0.183. The van der Waals surface area contributed by atoms with Gasteiger partial charge in [0, 0.05) is 13.0 Å². The van der Waals surface area contributed by atoms with E-state index in [-0.39, 0.29) is 12.1 Å². The molecule has 112 valence electrons. The van der Waals surface area contributed by atoms with Gasteiger partial charge in [0.05, 0.1) is 6.04 Å². The maximum absolute atomic E-state index is 12.3. The van der Waals surface area contributed by atoms with Crippen LogP contribution < -0.4 is 5.32 Å². The average molecular weight is 304 g/mol. The first kappa shape index (κ1) is 15.4. The summed E-state index contributed by atoms with van der Waals surface area (Å²) in [6, 6.07) is 9.73. The van der Waals surface area contributed by atoms with Gasteiger partial charge in [0.15, 0.2) is 0 Å². The third-order valence-electron chi connectivity index (χ3n) is 3.33. The van der Waals surface area contributed by atoms with Crippen molar-refractivity contribution in [3.05, 3.63) is 40.9 Å². The number of amides is 2. The van der Waals surface area contributed by atoms with Crippen molar-refractivity contribution in [2.75, 3.05) is 12.4 Å². The molecule has 2 amide bonds. The molecule has 2 aromatic rings. The van der Waals surface area contributed by atoms with Gasteiger partial charge in [0.25, 0.3) is 0 Å². The zero-order valence-corrected chi connectivity index (χ0v) is 13.5. The van der Waals surface area contributed by atoms with Crippen LogP contribution >= 0.6 is 11.3 Å². The van der Waals surface area contributed by atoms with Crippen LogP contribution in [0, 0.1) is 0 Å². The second kappa shape index (κ2) is 6.67. The van der Waals surface area contributed by atoms with Crippen LogP contribution in [-0.4, -0.2) is 28.2 Å². The smallest absolute Gasteiger partial charge is 0.321 e. The van der Waals surface area contributed by atoms with Crippen molar-refractivity contribution >= 4 is 22.5 Å². The first-order valence-corrected chi connectivity index (χ1v) is 7.73. The molecule has 1 atom stereocenters. The summed E-state index contributed by atoms with van der Waals surface area (Å²) in [5.74, 6) is 0.314. The molecule has 0 bridgehead atoms. The number of hydrogen-bond donors (Lipinski definition) is 1. The molecule has 0 aliphatic carbocycles. The van der Waals surface area contributed by atoms with Crippen LogP contribution in [0.25, 0.3) is 0 Å². The number of rotatable bonds is 4. The molecule has 0 aliphatic heterocycles. The molecule has 1 aromatic heterocycles. The fourth-order valence-corrected chi connectivity index (χ4v) is 2.56. The van der Waals surface area contributed by atoms with Crippen molar-refractivity contribution in [1.29, 1.82) is 0 Å². The molecule has 0 fully saturated rings. The van der Waals surface area contributed by atoms with Gasteiger partial charge in [-0.05, 0) is 12.5 Å². The van der Waals surface area contributed by atoms with Crippen LogP contribution in [0.2, 0.25) is 0 Å². The number of hydrogen-bond acceptors (Lipinski definition) is 4. The molecule has 0 aliphatic rings. The Hall–Kier alpha value is -1.95. The third-order valence-corrected chi connectivity index (χ3v) is 4.47. The number of nitrogens with zero attached hydrogens (tertiary/aromatic N) is 3. The van der Waals surface area contributed by atoms with Gasteiger partial charge in [-0.2, -0.15) is 0 Å². The molecular weight excluding hydrogens is 284 g/mol. The first-order valence-electron chi connectivity index (χ1n) is 6.91. The highest BCUT2D eigenvalue weighted by molar-refractivity contribution is 7.15. The minimum Gasteiger partial charge on any atom is -0.321 e. The molecule has 0 saturated carbocycles. The zero-order chi connectivity index (χ0) is 15.4. The van der Waals surface area contributed by atoms with Gasteiger partial charge in [-0.3, -0.25) is 5.32 Å². The molecule has 6 heteroatoms. The highest BCUT2D eigenvalue weighted by Gasteiger charge is 2.19. The number of carbonyl (C=O) groups is 1. The van der Waals surface area contributed by atoms with E-state index in [2.05, 4.69) is 29.4 Å². The van der Waals surface area contributed by atoms with Crippen molar-refractivity contribution < 1.29 is 4.79 Å². The molecule has 0 spiro atoms. The maximum Gasteiger partial charge on any atom is 0.323 e. The molecule has 1 aromatic carbocycles. The second-order valence-corrected chi connectivity index (χ2v) is 6.24. The Bertz CT molecular complexity index is 597. The summed E-state index contributed by atoms with van der Waals surface area (Å²) in [5.41, 5.74) is 1.09. The van der Waals surface area contributed by atoms with E-state index in [0.717, 1.165) is 10.6 Å². The van der Waals surface area contributed by atoms with Crippen molar-refractivity contribution in [2.24, 2.45) is 0 Å². The van der Waals surface area contributed by atoms with Gasteiger partial charge in [-0.15, -0.1) is 10.2 Å². The Kier molecular flexibility index (Phi) is 4.90. The van der Waals surface area contributed by atoms with Crippen molar-refractivity contribution in [1.82, 2.24) is 15.1 Å². The Morgan fingerprint density at radius 1 is 1.19 bits per heavy atom. The number of carbonyl (C=O) groups excluding carboxylic acids is 1. The van der Waals surface area contributed by atoms with E-state index in [1.165, 1.54) is 11.3 Å². The van der Waals surface area contributed by atoms with E-state index >= 15 is 0 Å². The normalized spacial score (nSPS) is 12.2. The van der Waals surface area contributed by atoms with E-state index in [1.807, 2.05) is 37.3 Å². The van der Waals surface area contributed by atoms with E-state index in [9.17, 15) is 4.79 Å². The van der Waals surface area contributed by atoms with Gasteiger partial charge in [0.2, 0.25) is 5.13 Å². The number of benzene rings is 1. The topological polar surface area (TPSA) is 58.1 Å². The fraction of sp³-hybridized carbons (Fsp3) is 0.400. The molecule has 5 nitrogen and oxygen atoms in total. The lowest BCUT2D eigenvalue weighted by molar-refractivity contribution is 0.208. The Balaban J connectivity index is 2.02. The van der Waals surface area contributed by atoms with Gasteiger partial charge >= 0.3 is 6.03 Å². The summed E-state index contributed by atoms with van der Waals surface area (Å²) < 4.78 is 0. The Labute approximate surface area is 129 Å². The predicted octanol–water partition coefficient (Wildman–Crippen LogP) is 3.89. The molecule has 1 N–H and O–H groups in total. The number of aromatic nitrogens is 2. The minimum absolute atomic E-state index is 0.0105. The first-order chi connectivity index (χ1) is 9.99. The SMILES string of the molecule is CC(C)c1nnc(NC(=O)N(C)C(C)c2ccccc2)s1. The molecular formula is C15H20N4OS. The summed E-state index contributed by atoms with van der Waals surface area (Å²) in [6.07, 6.45) is 0. The largest absolute Gasteiger partial charge is 0.323 e. The lowest BCUT2D eigenvalue weighted by Gasteiger charge is -2.24. The van der Waals surface area contributed by atoms with Crippen LogP contribution in [-0.2, 0) is 0 Å². The van der Waals surface area contributed by atoms with Crippen LogP contribution in [0.15, 0.2) is 30.3 Å². The maximum atomic E-state index is 12.3. The van der Waals surface area contributed by atoms with E-state index in [4.69, 9.17) is 0 Å². The number of urea groups is 1. The highest BCUT2D eigenvalue weighted by Crippen LogP contribution is 2.24. The van der Waals surface area contributed by atoms with Gasteiger partial charge in [-0.25, -0.2) is 4.79 Å². The number of nitrogens with one attached hydrogen (secondary N) is 1. The summed E-state index contributed by atoms with van der Waals surface area (Å²) in [4.78, 5) is 13.9. The van der Waals surface area contributed by atoms with E-state index in [1.54, 1.807) is 11.9 Å². The standard InChI is InChI=1S/C15H20N4OS/c1-10(2)13-17-18-14(21-13)16-15(20)19(4)11(3)12-8-6-5-7-9-12/h5-11H,1-4H3,(H,16,18,20). The van der Waals surface area contributed by atoms with E-state index in [0.29, 0.717) is 11.0 Å². The summed E-state index contributed by atoms with van der Waals surface area (Å²) in [5, 5.41) is 12.3. The monoisotopic (exact) mass is 304 g/mol. The van der Waals surface area contributed by atoms with Crippen molar-refractivity contribution in [3.8, 4) is 0 Å². The molecule has 0 radical (unpaired) electrons. The Morgan fingerprint density at radius 3 is 2.43 bits per heavy atom. The molecule has 21 heavy (non-hydrogen) atoms. The molecule has 1 unspecified atom stereocenters. The second-order valence-electron chi connectivity index (χ2n) is 5.23. The van der Waals surface area contributed by atoms with Crippen LogP contribution in [0.1, 0.15) is 43.3 Å². The summed E-state index contributed by atoms with van der Waals surface area (Å²) >= 11 is 1.41. The van der Waals surface area contributed by atoms with Crippen molar-refractivity contribution in [3.63, 3.8) is 0 Å². The average Bonchev–Trinajstić information content (AvgIpc) is 2.95. The quantitative estimate of drug-likeness (QED) is 0.932. The zero-order valence-electron chi connectivity index (χ0n) is 12.7.